The van der Waals surface area contributed by atoms with Gasteiger partial charge in [0.15, 0.2) is 0 Å². The van der Waals surface area contributed by atoms with Crippen LogP contribution in [-0.2, 0) is 0 Å². The van der Waals surface area contributed by atoms with Gasteiger partial charge < -0.3 is 5.41 Å². The first-order valence-electron chi connectivity index (χ1n) is 8.36. The van der Waals surface area contributed by atoms with Gasteiger partial charge in [0.25, 0.3) is 0 Å². The molecule has 1 nitrogen and oxygen atoms in total. The Balaban J connectivity index is 2.01. The average molecular weight is 291 g/mol. The van der Waals surface area contributed by atoms with Gasteiger partial charge in [0, 0.05) is 5.71 Å². The van der Waals surface area contributed by atoms with Crippen LogP contribution in [0.4, 0.5) is 0 Å². The SMILES string of the molecule is Cc1cc(C(=N)C(C)C)ccc1-c1ccccc1C1CCC1. The second kappa shape index (κ2) is 6.08. The molecule has 0 heterocycles. The van der Waals surface area contributed by atoms with Crippen molar-refractivity contribution in [1.82, 2.24) is 0 Å². The molecule has 0 aliphatic heterocycles. The van der Waals surface area contributed by atoms with E-state index in [4.69, 9.17) is 5.41 Å². The number of hydrogen-bond donors (Lipinski definition) is 1. The summed E-state index contributed by atoms with van der Waals surface area (Å²) in [4.78, 5) is 0. The summed E-state index contributed by atoms with van der Waals surface area (Å²) in [6.07, 6.45) is 4.01. The minimum absolute atomic E-state index is 0.271. The monoisotopic (exact) mass is 291 g/mol. The lowest BCUT2D eigenvalue weighted by Gasteiger charge is -2.28. The summed E-state index contributed by atoms with van der Waals surface area (Å²) in [6, 6.07) is 15.3. The summed E-state index contributed by atoms with van der Waals surface area (Å²) in [6.45, 7) is 6.33. The van der Waals surface area contributed by atoms with Crippen molar-refractivity contribution in [3.63, 3.8) is 0 Å². The Morgan fingerprint density at radius 1 is 1.05 bits per heavy atom. The van der Waals surface area contributed by atoms with Gasteiger partial charge in [-0.15, -0.1) is 0 Å². The highest BCUT2D eigenvalue weighted by Crippen LogP contribution is 2.41. The first kappa shape index (κ1) is 15.0. The van der Waals surface area contributed by atoms with Gasteiger partial charge in [0.2, 0.25) is 0 Å². The third-order valence-electron chi connectivity index (χ3n) is 4.91. The third-order valence-corrected chi connectivity index (χ3v) is 4.91. The molecule has 1 heteroatoms. The normalized spacial score (nSPS) is 14.9. The summed E-state index contributed by atoms with van der Waals surface area (Å²) in [5.41, 5.74) is 7.26. The molecule has 0 saturated heterocycles. The van der Waals surface area contributed by atoms with Crippen LogP contribution in [0.15, 0.2) is 42.5 Å². The van der Waals surface area contributed by atoms with E-state index in [1.165, 1.54) is 41.5 Å². The van der Waals surface area contributed by atoms with E-state index in [1.54, 1.807) is 0 Å². The molecule has 114 valence electrons. The zero-order valence-electron chi connectivity index (χ0n) is 13.8. The fraction of sp³-hybridized carbons (Fsp3) is 0.381. The molecule has 0 amide bonds. The minimum Gasteiger partial charge on any atom is -0.304 e. The molecule has 2 aromatic carbocycles. The van der Waals surface area contributed by atoms with E-state index in [-0.39, 0.29) is 5.92 Å². The minimum atomic E-state index is 0.271. The van der Waals surface area contributed by atoms with Crippen molar-refractivity contribution in [2.24, 2.45) is 5.92 Å². The summed E-state index contributed by atoms with van der Waals surface area (Å²) in [5.74, 6) is 1.01. The van der Waals surface area contributed by atoms with Gasteiger partial charge in [-0.25, -0.2) is 0 Å². The van der Waals surface area contributed by atoms with Crippen molar-refractivity contribution in [3.05, 3.63) is 59.2 Å². The van der Waals surface area contributed by atoms with Crippen LogP contribution in [0, 0.1) is 18.3 Å². The predicted octanol–water partition coefficient (Wildman–Crippen LogP) is 5.95. The fourth-order valence-corrected chi connectivity index (χ4v) is 3.28. The van der Waals surface area contributed by atoms with E-state index in [1.807, 2.05) is 0 Å². The molecule has 22 heavy (non-hydrogen) atoms. The van der Waals surface area contributed by atoms with Crippen LogP contribution in [0.25, 0.3) is 11.1 Å². The van der Waals surface area contributed by atoms with E-state index < -0.39 is 0 Å². The van der Waals surface area contributed by atoms with E-state index in [2.05, 4.69) is 63.2 Å². The van der Waals surface area contributed by atoms with Crippen LogP contribution < -0.4 is 0 Å². The molecule has 1 aliphatic carbocycles. The van der Waals surface area contributed by atoms with Crippen molar-refractivity contribution >= 4 is 5.71 Å². The highest BCUT2D eigenvalue weighted by Gasteiger charge is 2.22. The molecule has 0 spiro atoms. The first-order valence-corrected chi connectivity index (χ1v) is 8.36. The Morgan fingerprint density at radius 3 is 2.36 bits per heavy atom. The largest absolute Gasteiger partial charge is 0.304 e. The van der Waals surface area contributed by atoms with Crippen LogP contribution in [-0.4, -0.2) is 5.71 Å². The van der Waals surface area contributed by atoms with Crippen LogP contribution in [0.3, 0.4) is 0 Å². The Labute approximate surface area is 133 Å². The van der Waals surface area contributed by atoms with Gasteiger partial charge in [-0.05, 0) is 65.5 Å². The molecule has 1 N–H and O–H groups in total. The van der Waals surface area contributed by atoms with Crippen LogP contribution in [0.2, 0.25) is 0 Å². The van der Waals surface area contributed by atoms with Crippen molar-refractivity contribution in [2.75, 3.05) is 0 Å². The molecule has 1 saturated carbocycles. The zero-order valence-corrected chi connectivity index (χ0v) is 13.8. The van der Waals surface area contributed by atoms with E-state index >= 15 is 0 Å². The van der Waals surface area contributed by atoms with E-state index in [9.17, 15) is 0 Å². The predicted molar refractivity (Wildman–Crippen MR) is 94.9 cm³/mol. The molecule has 0 radical (unpaired) electrons. The molecular formula is C21H25N. The maximum atomic E-state index is 8.21. The van der Waals surface area contributed by atoms with Gasteiger partial charge in [-0.1, -0.05) is 56.7 Å². The van der Waals surface area contributed by atoms with Crippen molar-refractivity contribution < 1.29 is 0 Å². The number of benzene rings is 2. The summed E-state index contributed by atoms with van der Waals surface area (Å²) in [5, 5.41) is 8.21. The van der Waals surface area contributed by atoms with Gasteiger partial charge in [0.1, 0.15) is 0 Å². The number of aryl methyl sites for hydroxylation is 1. The smallest absolute Gasteiger partial charge is 0.0411 e. The zero-order chi connectivity index (χ0) is 15.7. The number of rotatable bonds is 4. The molecule has 0 unspecified atom stereocenters. The number of hydrogen-bond acceptors (Lipinski definition) is 1. The van der Waals surface area contributed by atoms with Crippen molar-refractivity contribution in [3.8, 4) is 11.1 Å². The maximum absolute atomic E-state index is 8.21. The third kappa shape index (κ3) is 2.72. The maximum Gasteiger partial charge on any atom is 0.0411 e. The summed E-state index contributed by atoms with van der Waals surface area (Å²) >= 11 is 0. The molecule has 2 aromatic rings. The molecule has 0 atom stereocenters. The highest BCUT2D eigenvalue weighted by molar-refractivity contribution is 6.00. The Morgan fingerprint density at radius 2 is 1.77 bits per heavy atom. The van der Waals surface area contributed by atoms with Gasteiger partial charge in [-0.3, -0.25) is 0 Å². The second-order valence-electron chi connectivity index (χ2n) is 6.81. The Kier molecular flexibility index (Phi) is 4.15. The summed E-state index contributed by atoms with van der Waals surface area (Å²) in [7, 11) is 0. The lowest BCUT2D eigenvalue weighted by atomic mass is 9.76. The quantitative estimate of drug-likeness (QED) is 0.673. The van der Waals surface area contributed by atoms with Gasteiger partial charge in [-0.2, -0.15) is 0 Å². The van der Waals surface area contributed by atoms with Gasteiger partial charge in [0.05, 0.1) is 0 Å². The molecule has 0 bridgehead atoms. The Bertz CT molecular complexity index is 693. The first-order chi connectivity index (χ1) is 10.6. The molecule has 0 aromatic heterocycles. The Hall–Kier alpha value is -1.89. The fourth-order valence-electron chi connectivity index (χ4n) is 3.28. The van der Waals surface area contributed by atoms with Gasteiger partial charge >= 0.3 is 0 Å². The lowest BCUT2D eigenvalue weighted by Crippen LogP contribution is -2.10. The summed E-state index contributed by atoms with van der Waals surface area (Å²) < 4.78 is 0. The van der Waals surface area contributed by atoms with E-state index in [0.717, 1.165) is 17.2 Å². The molecule has 3 rings (SSSR count). The highest BCUT2D eigenvalue weighted by atomic mass is 14.4. The second-order valence-corrected chi connectivity index (χ2v) is 6.81. The standard InChI is InChI=1S/C21H25N/c1-14(2)21(22)17-11-12-18(15(3)13-17)20-10-5-4-9-19(20)16-7-6-8-16/h4-5,9-14,16,22H,6-8H2,1-3H3. The van der Waals surface area contributed by atoms with Crippen molar-refractivity contribution in [1.29, 1.82) is 5.41 Å². The van der Waals surface area contributed by atoms with Crippen LogP contribution in [0.1, 0.15) is 55.7 Å². The molecule has 1 aliphatic rings. The van der Waals surface area contributed by atoms with Crippen LogP contribution in [0.5, 0.6) is 0 Å². The molecular weight excluding hydrogens is 266 g/mol. The average Bonchev–Trinajstić information content (AvgIpc) is 2.45. The molecule has 1 fully saturated rings. The van der Waals surface area contributed by atoms with Crippen molar-refractivity contribution in [2.45, 2.75) is 46.0 Å². The van der Waals surface area contributed by atoms with Crippen LogP contribution >= 0.6 is 0 Å². The number of nitrogens with one attached hydrogen (secondary N) is 1. The van der Waals surface area contributed by atoms with E-state index in [0.29, 0.717) is 0 Å². The topological polar surface area (TPSA) is 23.9 Å². The lowest BCUT2D eigenvalue weighted by molar-refractivity contribution is 0.420.